The van der Waals surface area contributed by atoms with Gasteiger partial charge in [0.25, 0.3) is 0 Å². The summed E-state index contributed by atoms with van der Waals surface area (Å²) in [5.74, 6) is -0.626. The number of carbonyl (C=O) groups is 2. The average Bonchev–Trinajstić information content (AvgIpc) is 2.72. The van der Waals surface area contributed by atoms with Crippen molar-refractivity contribution in [3.05, 3.63) is 0 Å². The lowest BCUT2D eigenvalue weighted by Gasteiger charge is -2.61. The molecule has 2 aliphatic rings. The highest BCUT2D eigenvalue weighted by atomic mass is 16.5. The number of rotatable bonds is 4. The predicted molar refractivity (Wildman–Crippen MR) is 74.6 cm³/mol. The Kier molecular flexibility index (Phi) is 3.38. The standard InChI is InChI=1S/C14H25N3O3/c1-12(2,7-9(15)18)17-11(19)14(16)8-5-6-20-10(8)13(14,3)4/h8,10H,5-7,16H2,1-4H3,(H2,15,18)(H,17,19). The van der Waals surface area contributed by atoms with Crippen LogP contribution >= 0.6 is 0 Å². The first-order chi connectivity index (χ1) is 9.02. The van der Waals surface area contributed by atoms with Crippen LogP contribution in [0.4, 0.5) is 0 Å². The number of primary amides is 1. The molecule has 6 nitrogen and oxygen atoms in total. The minimum absolute atomic E-state index is 0.0394. The molecule has 2 rings (SSSR count). The molecule has 6 heteroatoms. The molecule has 1 aliphatic heterocycles. The molecule has 1 heterocycles. The lowest BCUT2D eigenvalue weighted by Crippen LogP contribution is -2.81. The van der Waals surface area contributed by atoms with Crippen molar-refractivity contribution in [2.45, 2.75) is 57.7 Å². The van der Waals surface area contributed by atoms with Crippen LogP contribution < -0.4 is 16.8 Å². The van der Waals surface area contributed by atoms with E-state index in [0.29, 0.717) is 6.61 Å². The van der Waals surface area contributed by atoms with Crippen molar-refractivity contribution < 1.29 is 14.3 Å². The van der Waals surface area contributed by atoms with Crippen molar-refractivity contribution >= 4 is 11.8 Å². The molecule has 2 amide bonds. The van der Waals surface area contributed by atoms with E-state index in [0.717, 1.165) is 6.42 Å². The molecule has 1 saturated carbocycles. The number of fused-ring (bicyclic) bond motifs is 1. The number of hydrogen-bond acceptors (Lipinski definition) is 4. The smallest absolute Gasteiger partial charge is 0.241 e. The number of amides is 2. The van der Waals surface area contributed by atoms with Gasteiger partial charge in [0.05, 0.1) is 6.10 Å². The van der Waals surface area contributed by atoms with Gasteiger partial charge < -0.3 is 21.5 Å². The molecule has 114 valence electrons. The fraction of sp³-hybridized carbons (Fsp3) is 0.857. The molecule has 3 atom stereocenters. The number of nitrogens with two attached hydrogens (primary N) is 2. The van der Waals surface area contributed by atoms with Gasteiger partial charge in [-0.15, -0.1) is 0 Å². The first-order valence-electron chi connectivity index (χ1n) is 7.04. The monoisotopic (exact) mass is 283 g/mol. The van der Waals surface area contributed by atoms with Crippen LogP contribution in [0.2, 0.25) is 0 Å². The first-order valence-corrected chi connectivity index (χ1v) is 7.04. The Hall–Kier alpha value is -1.14. The van der Waals surface area contributed by atoms with E-state index >= 15 is 0 Å². The highest BCUT2D eigenvalue weighted by Crippen LogP contribution is 2.58. The molecule has 2 fully saturated rings. The molecule has 0 aromatic rings. The number of carbonyl (C=O) groups excluding carboxylic acids is 2. The van der Waals surface area contributed by atoms with Gasteiger partial charge in [-0.05, 0) is 20.3 Å². The van der Waals surface area contributed by atoms with Gasteiger partial charge in [0.1, 0.15) is 5.54 Å². The second-order valence-corrected chi connectivity index (χ2v) is 7.26. The fourth-order valence-electron chi connectivity index (χ4n) is 3.74. The van der Waals surface area contributed by atoms with Gasteiger partial charge in [-0.25, -0.2) is 0 Å². The Bertz CT molecular complexity index is 447. The third-order valence-electron chi connectivity index (χ3n) is 4.90. The second-order valence-electron chi connectivity index (χ2n) is 7.26. The van der Waals surface area contributed by atoms with Crippen LogP contribution in [0.5, 0.6) is 0 Å². The number of hydrogen-bond donors (Lipinski definition) is 3. The van der Waals surface area contributed by atoms with Crippen LogP contribution in [0.25, 0.3) is 0 Å². The molecule has 5 N–H and O–H groups in total. The Morgan fingerprint density at radius 3 is 2.55 bits per heavy atom. The van der Waals surface area contributed by atoms with Crippen molar-refractivity contribution in [3.63, 3.8) is 0 Å². The van der Waals surface area contributed by atoms with E-state index in [4.69, 9.17) is 16.2 Å². The summed E-state index contributed by atoms with van der Waals surface area (Å²) < 4.78 is 5.67. The third-order valence-corrected chi connectivity index (χ3v) is 4.90. The topological polar surface area (TPSA) is 107 Å². The molecule has 3 unspecified atom stereocenters. The van der Waals surface area contributed by atoms with E-state index in [1.807, 2.05) is 13.8 Å². The van der Waals surface area contributed by atoms with Gasteiger partial charge in [-0.2, -0.15) is 0 Å². The summed E-state index contributed by atoms with van der Waals surface area (Å²) in [5.41, 5.74) is 9.58. The zero-order chi connectivity index (χ0) is 15.3. The molecule has 0 radical (unpaired) electrons. The maximum atomic E-state index is 12.7. The Labute approximate surface area is 119 Å². The zero-order valence-electron chi connectivity index (χ0n) is 12.7. The Morgan fingerprint density at radius 1 is 1.40 bits per heavy atom. The van der Waals surface area contributed by atoms with Crippen molar-refractivity contribution in [1.29, 1.82) is 0 Å². The lowest BCUT2D eigenvalue weighted by molar-refractivity contribution is -0.176. The highest BCUT2D eigenvalue weighted by molar-refractivity contribution is 5.90. The van der Waals surface area contributed by atoms with Crippen LogP contribution in [0.1, 0.15) is 40.5 Å². The number of ether oxygens (including phenoxy) is 1. The average molecular weight is 283 g/mol. The molecule has 20 heavy (non-hydrogen) atoms. The minimum atomic E-state index is -0.955. The molecule has 0 spiro atoms. The molecular weight excluding hydrogens is 258 g/mol. The van der Waals surface area contributed by atoms with E-state index in [2.05, 4.69) is 5.32 Å². The normalized spacial score (nSPS) is 35.0. The Balaban J connectivity index is 2.14. The quantitative estimate of drug-likeness (QED) is 0.669. The van der Waals surface area contributed by atoms with Crippen LogP contribution in [-0.2, 0) is 14.3 Å². The van der Waals surface area contributed by atoms with Gasteiger partial charge in [-0.1, -0.05) is 13.8 Å². The minimum Gasteiger partial charge on any atom is -0.377 e. The van der Waals surface area contributed by atoms with Gasteiger partial charge >= 0.3 is 0 Å². The SMILES string of the molecule is CC(C)(CC(N)=O)NC(=O)C1(N)C2CCOC2C1(C)C. The van der Waals surface area contributed by atoms with Crippen molar-refractivity contribution in [3.8, 4) is 0 Å². The zero-order valence-corrected chi connectivity index (χ0v) is 12.7. The summed E-state index contributed by atoms with van der Waals surface area (Å²) >= 11 is 0. The second kappa shape index (κ2) is 4.43. The number of nitrogens with one attached hydrogen (secondary N) is 1. The molecule has 1 aliphatic carbocycles. The van der Waals surface area contributed by atoms with Crippen LogP contribution in [0, 0.1) is 11.3 Å². The van der Waals surface area contributed by atoms with E-state index in [1.165, 1.54) is 0 Å². The summed E-state index contributed by atoms with van der Waals surface area (Å²) in [5, 5.41) is 2.88. The lowest BCUT2D eigenvalue weighted by atomic mass is 9.48. The molecule has 0 bridgehead atoms. The summed E-state index contributed by atoms with van der Waals surface area (Å²) in [7, 11) is 0. The van der Waals surface area contributed by atoms with Gasteiger partial charge in [0, 0.05) is 29.9 Å². The largest absolute Gasteiger partial charge is 0.377 e. The predicted octanol–water partition coefficient (Wildman–Crippen LogP) is -0.101. The molecule has 0 aromatic heterocycles. The van der Waals surface area contributed by atoms with Crippen molar-refractivity contribution in [2.75, 3.05) is 6.61 Å². The summed E-state index contributed by atoms with van der Waals surface area (Å²) in [6.07, 6.45) is 0.922. The summed E-state index contributed by atoms with van der Waals surface area (Å²) in [6, 6.07) is 0. The van der Waals surface area contributed by atoms with Crippen molar-refractivity contribution in [1.82, 2.24) is 5.32 Å². The first kappa shape index (κ1) is 15.3. The van der Waals surface area contributed by atoms with Gasteiger partial charge in [-0.3, -0.25) is 9.59 Å². The van der Waals surface area contributed by atoms with Crippen LogP contribution in [0.3, 0.4) is 0 Å². The molecular formula is C14H25N3O3. The Morgan fingerprint density at radius 2 is 2.00 bits per heavy atom. The van der Waals surface area contributed by atoms with Gasteiger partial charge in [0.2, 0.25) is 11.8 Å². The van der Waals surface area contributed by atoms with E-state index in [-0.39, 0.29) is 24.3 Å². The summed E-state index contributed by atoms with van der Waals surface area (Å²) in [4.78, 5) is 23.7. The van der Waals surface area contributed by atoms with E-state index in [9.17, 15) is 9.59 Å². The van der Waals surface area contributed by atoms with Crippen LogP contribution in [0.15, 0.2) is 0 Å². The fourth-order valence-corrected chi connectivity index (χ4v) is 3.74. The highest BCUT2D eigenvalue weighted by Gasteiger charge is 2.71. The van der Waals surface area contributed by atoms with Crippen molar-refractivity contribution in [2.24, 2.45) is 22.8 Å². The summed E-state index contributed by atoms with van der Waals surface area (Å²) in [6.45, 7) is 8.11. The molecule has 1 saturated heterocycles. The third kappa shape index (κ3) is 2.02. The maximum absolute atomic E-state index is 12.7. The van der Waals surface area contributed by atoms with Crippen LogP contribution in [-0.4, -0.2) is 35.6 Å². The van der Waals surface area contributed by atoms with Gasteiger partial charge in [0.15, 0.2) is 0 Å². The molecule has 0 aromatic carbocycles. The van der Waals surface area contributed by atoms with E-state index < -0.39 is 22.4 Å². The maximum Gasteiger partial charge on any atom is 0.241 e. The van der Waals surface area contributed by atoms with E-state index in [1.54, 1.807) is 13.8 Å².